The lowest BCUT2D eigenvalue weighted by Crippen LogP contribution is -2.09. The maximum atomic E-state index is 13.9. The maximum absolute atomic E-state index is 13.9. The molecule has 5 heteroatoms. The lowest BCUT2D eigenvalue weighted by Gasteiger charge is -2.17. The minimum atomic E-state index is -0.604. The molecule has 0 amide bonds. The number of benzene rings is 2. The smallest absolute Gasteiger partial charge is 0.184 e. The van der Waals surface area contributed by atoms with Gasteiger partial charge in [-0.05, 0) is 31.2 Å². The van der Waals surface area contributed by atoms with E-state index in [1.54, 1.807) is 38.3 Å². The number of ether oxygens (including phenoxy) is 2. The van der Waals surface area contributed by atoms with E-state index < -0.39 is 5.82 Å². The lowest BCUT2D eigenvalue weighted by atomic mass is 10.1. The molecule has 3 nitrogen and oxygen atoms in total. The summed E-state index contributed by atoms with van der Waals surface area (Å²) in [6, 6.07) is 9.51. The van der Waals surface area contributed by atoms with Gasteiger partial charge in [0.2, 0.25) is 0 Å². The largest absolute Gasteiger partial charge is 0.496 e. The van der Waals surface area contributed by atoms with Crippen molar-refractivity contribution in [2.75, 3.05) is 7.11 Å². The number of halogens is 2. The molecule has 0 aliphatic rings. The highest BCUT2D eigenvalue weighted by molar-refractivity contribution is 6.30. The van der Waals surface area contributed by atoms with E-state index in [1.807, 2.05) is 0 Å². The second kappa shape index (κ2) is 6.11. The number of hydrogen-bond acceptors (Lipinski definition) is 3. The van der Waals surface area contributed by atoms with Gasteiger partial charge in [-0.1, -0.05) is 23.7 Å². The Kier molecular flexibility index (Phi) is 4.47. The molecular formula is C15H15ClFNO2. The monoisotopic (exact) mass is 295 g/mol. The first-order valence-electron chi connectivity index (χ1n) is 6.09. The number of methoxy groups -OCH3 is 1. The highest BCUT2D eigenvalue weighted by Gasteiger charge is 2.16. The Labute approximate surface area is 122 Å². The normalized spacial score (nSPS) is 12.1. The summed E-state index contributed by atoms with van der Waals surface area (Å²) >= 11 is 5.74. The zero-order valence-electron chi connectivity index (χ0n) is 11.2. The molecule has 0 unspecified atom stereocenters. The van der Waals surface area contributed by atoms with E-state index >= 15 is 0 Å². The molecule has 2 rings (SSSR count). The number of rotatable bonds is 4. The molecule has 1 atom stereocenters. The summed E-state index contributed by atoms with van der Waals surface area (Å²) in [5, 5.41) is 0.00717. The summed E-state index contributed by atoms with van der Waals surface area (Å²) in [6.45, 7) is 1.80. The maximum Gasteiger partial charge on any atom is 0.184 e. The van der Waals surface area contributed by atoms with Gasteiger partial charge < -0.3 is 15.2 Å². The van der Waals surface area contributed by atoms with E-state index in [0.717, 1.165) is 0 Å². The molecule has 0 fully saturated rings. The van der Waals surface area contributed by atoms with Crippen LogP contribution >= 0.6 is 11.6 Å². The van der Waals surface area contributed by atoms with Crippen molar-refractivity contribution in [1.29, 1.82) is 0 Å². The van der Waals surface area contributed by atoms with Gasteiger partial charge in [-0.2, -0.15) is 0 Å². The SMILES string of the molecule is COc1cccc(Oc2cccc(Cl)c2F)c1[C@H](C)N. The van der Waals surface area contributed by atoms with Crippen LogP contribution in [0.1, 0.15) is 18.5 Å². The first kappa shape index (κ1) is 14.6. The average Bonchev–Trinajstić information content (AvgIpc) is 2.43. The van der Waals surface area contributed by atoms with Crippen LogP contribution in [0.2, 0.25) is 5.02 Å². The van der Waals surface area contributed by atoms with E-state index in [4.69, 9.17) is 26.8 Å². The fraction of sp³-hybridized carbons (Fsp3) is 0.200. The van der Waals surface area contributed by atoms with Crippen LogP contribution < -0.4 is 15.2 Å². The van der Waals surface area contributed by atoms with Crippen LogP contribution in [0.25, 0.3) is 0 Å². The van der Waals surface area contributed by atoms with Gasteiger partial charge in [0.05, 0.1) is 17.7 Å². The fourth-order valence-electron chi connectivity index (χ4n) is 1.92. The Bertz CT molecular complexity index is 617. The van der Waals surface area contributed by atoms with Crippen molar-refractivity contribution in [3.05, 3.63) is 52.8 Å². The summed E-state index contributed by atoms with van der Waals surface area (Å²) in [5.41, 5.74) is 6.61. The Morgan fingerprint density at radius 1 is 1.10 bits per heavy atom. The minimum absolute atomic E-state index is 0.00717. The third kappa shape index (κ3) is 2.86. The molecule has 20 heavy (non-hydrogen) atoms. The van der Waals surface area contributed by atoms with E-state index in [0.29, 0.717) is 17.1 Å². The Morgan fingerprint density at radius 3 is 2.35 bits per heavy atom. The molecule has 0 aliphatic heterocycles. The molecule has 106 valence electrons. The molecule has 2 aromatic carbocycles. The predicted molar refractivity (Wildman–Crippen MR) is 77.1 cm³/mol. The topological polar surface area (TPSA) is 44.5 Å². The van der Waals surface area contributed by atoms with Gasteiger partial charge in [0, 0.05) is 6.04 Å². The van der Waals surface area contributed by atoms with Crippen LogP contribution in [0.4, 0.5) is 4.39 Å². The second-order valence-corrected chi connectivity index (χ2v) is 4.72. The van der Waals surface area contributed by atoms with Crippen molar-refractivity contribution in [3.63, 3.8) is 0 Å². The molecule has 0 saturated heterocycles. The second-order valence-electron chi connectivity index (χ2n) is 4.31. The minimum Gasteiger partial charge on any atom is -0.496 e. The Hall–Kier alpha value is -1.78. The van der Waals surface area contributed by atoms with Crippen LogP contribution in [0.5, 0.6) is 17.2 Å². The molecule has 2 N–H and O–H groups in total. The van der Waals surface area contributed by atoms with Crippen LogP contribution in [0.15, 0.2) is 36.4 Å². The van der Waals surface area contributed by atoms with Crippen molar-refractivity contribution in [2.45, 2.75) is 13.0 Å². The zero-order chi connectivity index (χ0) is 14.7. The third-order valence-corrected chi connectivity index (χ3v) is 3.13. The van der Waals surface area contributed by atoms with Gasteiger partial charge in [0.15, 0.2) is 11.6 Å². The van der Waals surface area contributed by atoms with Crippen LogP contribution in [-0.2, 0) is 0 Å². The lowest BCUT2D eigenvalue weighted by molar-refractivity contribution is 0.393. The van der Waals surface area contributed by atoms with E-state index in [9.17, 15) is 4.39 Å². The quantitative estimate of drug-likeness (QED) is 0.914. The first-order chi connectivity index (χ1) is 9.54. The third-order valence-electron chi connectivity index (χ3n) is 2.84. The summed E-state index contributed by atoms with van der Waals surface area (Å²) in [6.07, 6.45) is 0. The first-order valence-corrected chi connectivity index (χ1v) is 6.46. The highest BCUT2D eigenvalue weighted by Crippen LogP contribution is 2.37. The molecule has 0 radical (unpaired) electrons. The van der Waals surface area contributed by atoms with E-state index in [1.165, 1.54) is 12.1 Å². The summed E-state index contributed by atoms with van der Waals surface area (Å²) in [5.74, 6) is 0.487. The fourth-order valence-corrected chi connectivity index (χ4v) is 2.09. The van der Waals surface area contributed by atoms with E-state index in [-0.39, 0.29) is 16.8 Å². The molecule has 0 aromatic heterocycles. The van der Waals surface area contributed by atoms with Crippen molar-refractivity contribution < 1.29 is 13.9 Å². The Balaban J connectivity index is 2.46. The van der Waals surface area contributed by atoms with Gasteiger partial charge >= 0.3 is 0 Å². The summed E-state index contributed by atoms with van der Waals surface area (Å²) in [4.78, 5) is 0. The molecule has 0 aliphatic carbocycles. The number of nitrogens with two attached hydrogens (primary N) is 1. The summed E-state index contributed by atoms with van der Waals surface area (Å²) < 4.78 is 24.7. The van der Waals surface area contributed by atoms with Crippen molar-refractivity contribution in [2.24, 2.45) is 5.73 Å². The average molecular weight is 296 g/mol. The standard InChI is InChI=1S/C15H15ClFNO2/c1-9(18)14-11(19-2)6-4-7-12(14)20-13-8-3-5-10(16)15(13)17/h3-9H,18H2,1-2H3/t9-/m0/s1. The zero-order valence-corrected chi connectivity index (χ0v) is 11.9. The Morgan fingerprint density at radius 2 is 1.70 bits per heavy atom. The van der Waals surface area contributed by atoms with Crippen LogP contribution in [-0.4, -0.2) is 7.11 Å². The van der Waals surface area contributed by atoms with Crippen molar-refractivity contribution >= 4 is 11.6 Å². The number of hydrogen-bond donors (Lipinski definition) is 1. The summed E-state index contributed by atoms with van der Waals surface area (Å²) in [7, 11) is 1.55. The molecule has 0 spiro atoms. The molecular weight excluding hydrogens is 281 g/mol. The van der Waals surface area contributed by atoms with Crippen LogP contribution in [0, 0.1) is 5.82 Å². The predicted octanol–water partition coefficient (Wildman–Crippen LogP) is 4.30. The highest BCUT2D eigenvalue weighted by atomic mass is 35.5. The van der Waals surface area contributed by atoms with Gasteiger partial charge in [0.1, 0.15) is 11.5 Å². The van der Waals surface area contributed by atoms with Gasteiger partial charge in [-0.25, -0.2) is 4.39 Å². The van der Waals surface area contributed by atoms with Gasteiger partial charge in [0.25, 0.3) is 0 Å². The molecule has 0 heterocycles. The molecule has 0 saturated carbocycles. The molecule has 0 bridgehead atoms. The van der Waals surface area contributed by atoms with E-state index in [2.05, 4.69) is 0 Å². The van der Waals surface area contributed by atoms with Crippen molar-refractivity contribution in [1.82, 2.24) is 0 Å². The van der Waals surface area contributed by atoms with Crippen molar-refractivity contribution in [3.8, 4) is 17.2 Å². The van der Waals surface area contributed by atoms with Gasteiger partial charge in [-0.15, -0.1) is 0 Å². The van der Waals surface area contributed by atoms with Gasteiger partial charge in [-0.3, -0.25) is 0 Å². The molecule has 2 aromatic rings. The van der Waals surface area contributed by atoms with Crippen LogP contribution in [0.3, 0.4) is 0 Å².